The van der Waals surface area contributed by atoms with Crippen molar-refractivity contribution in [1.29, 1.82) is 0 Å². The van der Waals surface area contributed by atoms with Crippen LogP contribution in [-0.2, 0) is 0 Å². The molecule has 2 heteroatoms. The summed E-state index contributed by atoms with van der Waals surface area (Å²) in [5.74, 6) is 0.338. The average Bonchev–Trinajstić information content (AvgIpc) is 2.15. The summed E-state index contributed by atoms with van der Waals surface area (Å²) in [4.78, 5) is 0. The Labute approximate surface area is 61.9 Å². The molecule has 1 heterocycles. The van der Waals surface area contributed by atoms with Gasteiger partial charge < -0.3 is 10.4 Å². The molecule has 0 spiro atoms. The van der Waals surface area contributed by atoms with Gasteiger partial charge in [-0.05, 0) is 13.8 Å². The fourth-order valence-corrected chi connectivity index (χ4v) is 1.28. The van der Waals surface area contributed by atoms with Gasteiger partial charge in [-0.2, -0.15) is 0 Å². The lowest BCUT2D eigenvalue weighted by Gasteiger charge is -2.07. The number of allylic oxidation sites excluding steroid dienone is 1. The molecule has 2 atom stereocenters. The number of nitrogens with one attached hydrogen (secondary N) is 1. The first-order valence-electron chi connectivity index (χ1n) is 3.74. The van der Waals surface area contributed by atoms with Crippen LogP contribution in [0.1, 0.15) is 13.8 Å². The van der Waals surface area contributed by atoms with Crippen LogP contribution in [0.3, 0.4) is 0 Å². The third kappa shape index (κ3) is 1.82. The molecule has 0 bridgehead atoms. The number of hydrogen-bond acceptors (Lipinski definition) is 2. The van der Waals surface area contributed by atoms with Crippen molar-refractivity contribution in [3.8, 4) is 0 Å². The Kier molecular flexibility index (Phi) is 2.46. The lowest BCUT2D eigenvalue weighted by Crippen LogP contribution is -2.15. The van der Waals surface area contributed by atoms with Gasteiger partial charge in [0.25, 0.3) is 0 Å². The van der Waals surface area contributed by atoms with Crippen LogP contribution in [0.5, 0.6) is 0 Å². The van der Waals surface area contributed by atoms with Crippen molar-refractivity contribution in [2.75, 3.05) is 13.1 Å². The van der Waals surface area contributed by atoms with E-state index in [2.05, 4.69) is 25.2 Å². The van der Waals surface area contributed by atoms with E-state index in [0.29, 0.717) is 5.92 Å². The van der Waals surface area contributed by atoms with Gasteiger partial charge in [-0.1, -0.05) is 11.6 Å². The largest absolute Gasteiger partial charge is 0.391 e. The third-order valence-electron chi connectivity index (χ3n) is 1.78. The molecular formula is C8H15NO. The Balaban J connectivity index is 2.48. The Morgan fingerprint density at radius 2 is 2.20 bits per heavy atom. The van der Waals surface area contributed by atoms with Crippen molar-refractivity contribution in [1.82, 2.24) is 5.32 Å². The first kappa shape index (κ1) is 7.76. The van der Waals surface area contributed by atoms with Crippen LogP contribution >= 0.6 is 0 Å². The molecule has 0 aromatic heterocycles. The maximum absolute atomic E-state index is 9.33. The Hall–Kier alpha value is -0.340. The van der Waals surface area contributed by atoms with Gasteiger partial charge in [0.05, 0.1) is 6.10 Å². The lowest BCUT2D eigenvalue weighted by molar-refractivity contribution is 0.167. The summed E-state index contributed by atoms with van der Waals surface area (Å²) >= 11 is 0. The standard InChI is InChI=1S/C8H15NO/c1-6(2)3-7-4-9-5-8(7)10/h3,7-10H,4-5H2,1-2H3/t7-,8-/m1/s1. The van der Waals surface area contributed by atoms with E-state index in [1.165, 1.54) is 5.57 Å². The zero-order valence-electron chi connectivity index (χ0n) is 6.59. The third-order valence-corrected chi connectivity index (χ3v) is 1.78. The van der Waals surface area contributed by atoms with Crippen LogP contribution in [-0.4, -0.2) is 24.3 Å². The van der Waals surface area contributed by atoms with E-state index in [1.54, 1.807) is 0 Å². The molecule has 2 N–H and O–H groups in total. The second-order valence-corrected chi connectivity index (χ2v) is 3.13. The Morgan fingerprint density at radius 3 is 2.60 bits per heavy atom. The van der Waals surface area contributed by atoms with Gasteiger partial charge >= 0.3 is 0 Å². The molecule has 10 heavy (non-hydrogen) atoms. The predicted molar refractivity (Wildman–Crippen MR) is 41.8 cm³/mol. The van der Waals surface area contributed by atoms with E-state index >= 15 is 0 Å². The van der Waals surface area contributed by atoms with Crippen LogP contribution in [0.2, 0.25) is 0 Å². The highest BCUT2D eigenvalue weighted by Gasteiger charge is 2.21. The molecule has 0 unspecified atom stereocenters. The molecule has 1 fully saturated rings. The average molecular weight is 141 g/mol. The SMILES string of the molecule is CC(C)=C[C@@H]1CNC[C@H]1O. The van der Waals surface area contributed by atoms with Crippen molar-refractivity contribution in [2.45, 2.75) is 20.0 Å². The molecule has 1 saturated heterocycles. The van der Waals surface area contributed by atoms with Gasteiger partial charge in [-0.25, -0.2) is 0 Å². The minimum atomic E-state index is -0.171. The number of aliphatic hydroxyl groups is 1. The summed E-state index contributed by atoms with van der Waals surface area (Å²) in [6, 6.07) is 0. The molecule has 1 rings (SSSR count). The highest BCUT2D eigenvalue weighted by atomic mass is 16.3. The van der Waals surface area contributed by atoms with Crippen molar-refractivity contribution < 1.29 is 5.11 Å². The van der Waals surface area contributed by atoms with E-state index in [0.717, 1.165) is 13.1 Å². The van der Waals surface area contributed by atoms with Crippen molar-refractivity contribution in [3.63, 3.8) is 0 Å². The summed E-state index contributed by atoms with van der Waals surface area (Å²) < 4.78 is 0. The smallest absolute Gasteiger partial charge is 0.0739 e. The maximum atomic E-state index is 9.33. The molecule has 1 aliphatic heterocycles. The molecule has 0 amide bonds. The Morgan fingerprint density at radius 1 is 1.50 bits per heavy atom. The summed E-state index contributed by atoms with van der Waals surface area (Å²) in [6.07, 6.45) is 1.96. The zero-order valence-corrected chi connectivity index (χ0v) is 6.59. The van der Waals surface area contributed by atoms with Crippen LogP contribution in [0, 0.1) is 5.92 Å². The number of rotatable bonds is 1. The van der Waals surface area contributed by atoms with Gasteiger partial charge in [-0.15, -0.1) is 0 Å². The van der Waals surface area contributed by atoms with E-state index in [4.69, 9.17) is 0 Å². The fourth-order valence-electron chi connectivity index (χ4n) is 1.28. The fraction of sp³-hybridized carbons (Fsp3) is 0.750. The molecule has 0 saturated carbocycles. The van der Waals surface area contributed by atoms with Crippen molar-refractivity contribution in [2.24, 2.45) is 5.92 Å². The van der Waals surface area contributed by atoms with Gasteiger partial charge in [0.1, 0.15) is 0 Å². The molecule has 1 aliphatic rings. The van der Waals surface area contributed by atoms with Gasteiger partial charge in [0.2, 0.25) is 0 Å². The van der Waals surface area contributed by atoms with E-state index in [9.17, 15) is 5.11 Å². The lowest BCUT2D eigenvalue weighted by atomic mass is 10.0. The van der Waals surface area contributed by atoms with E-state index in [1.807, 2.05) is 0 Å². The van der Waals surface area contributed by atoms with Crippen LogP contribution < -0.4 is 5.32 Å². The summed E-state index contributed by atoms with van der Waals surface area (Å²) in [7, 11) is 0. The van der Waals surface area contributed by atoms with Crippen LogP contribution in [0.15, 0.2) is 11.6 Å². The highest BCUT2D eigenvalue weighted by Crippen LogP contribution is 2.11. The molecule has 58 valence electrons. The number of β-amino-alcohol motifs (C(OH)–C–C–N with tert-alkyl or cyclic N) is 1. The predicted octanol–water partition coefficient (Wildman–Crippen LogP) is 0.533. The normalized spacial score (nSPS) is 32.3. The van der Waals surface area contributed by atoms with E-state index in [-0.39, 0.29) is 6.10 Å². The molecule has 0 aromatic rings. The quantitative estimate of drug-likeness (QED) is 0.522. The van der Waals surface area contributed by atoms with Crippen LogP contribution in [0.25, 0.3) is 0 Å². The molecule has 0 aromatic carbocycles. The number of aliphatic hydroxyl groups excluding tert-OH is 1. The topological polar surface area (TPSA) is 32.3 Å². The van der Waals surface area contributed by atoms with Crippen molar-refractivity contribution >= 4 is 0 Å². The van der Waals surface area contributed by atoms with Gasteiger partial charge in [-0.3, -0.25) is 0 Å². The first-order valence-corrected chi connectivity index (χ1v) is 3.74. The monoisotopic (exact) mass is 141 g/mol. The molecular weight excluding hydrogens is 126 g/mol. The summed E-state index contributed by atoms with van der Waals surface area (Å²) in [5.41, 5.74) is 1.28. The summed E-state index contributed by atoms with van der Waals surface area (Å²) in [6.45, 7) is 5.79. The molecule has 0 radical (unpaired) electrons. The van der Waals surface area contributed by atoms with Crippen LogP contribution in [0.4, 0.5) is 0 Å². The molecule has 0 aliphatic carbocycles. The Bertz CT molecular complexity index is 138. The van der Waals surface area contributed by atoms with Gasteiger partial charge in [0.15, 0.2) is 0 Å². The highest BCUT2D eigenvalue weighted by molar-refractivity contribution is 5.02. The van der Waals surface area contributed by atoms with Gasteiger partial charge in [0, 0.05) is 19.0 Å². The maximum Gasteiger partial charge on any atom is 0.0739 e. The summed E-state index contributed by atoms with van der Waals surface area (Å²) in [5, 5.41) is 12.5. The number of hydrogen-bond donors (Lipinski definition) is 2. The van der Waals surface area contributed by atoms with Crippen molar-refractivity contribution in [3.05, 3.63) is 11.6 Å². The van der Waals surface area contributed by atoms with E-state index < -0.39 is 0 Å². The first-order chi connectivity index (χ1) is 4.70. The minimum absolute atomic E-state index is 0.171. The second-order valence-electron chi connectivity index (χ2n) is 3.13. The molecule has 2 nitrogen and oxygen atoms in total. The minimum Gasteiger partial charge on any atom is -0.391 e. The zero-order chi connectivity index (χ0) is 7.56. The second kappa shape index (κ2) is 3.17.